The van der Waals surface area contributed by atoms with E-state index in [9.17, 15) is 9.59 Å². The molecule has 1 aromatic heterocycles. The van der Waals surface area contributed by atoms with E-state index in [2.05, 4.69) is 5.10 Å². The summed E-state index contributed by atoms with van der Waals surface area (Å²) in [6, 6.07) is 7.85. The van der Waals surface area contributed by atoms with Crippen LogP contribution in [0.2, 0.25) is 0 Å². The number of esters is 1. The van der Waals surface area contributed by atoms with Gasteiger partial charge < -0.3 is 4.74 Å². The van der Waals surface area contributed by atoms with E-state index in [1.807, 2.05) is 31.2 Å². The van der Waals surface area contributed by atoms with Crippen LogP contribution in [0.1, 0.15) is 40.7 Å². The molecule has 1 aliphatic carbocycles. The first-order chi connectivity index (χ1) is 10.6. The Morgan fingerprint density at radius 2 is 2.18 bits per heavy atom. The first-order valence-corrected chi connectivity index (χ1v) is 7.46. The Kier molecular flexibility index (Phi) is 3.79. The summed E-state index contributed by atoms with van der Waals surface area (Å²) in [5.41, 5.74) is 3.96. The normalized spacial score (nSPS) is 13.8. The molecule has 3 rings (SSSR count). The lowest BCUT2D eigenvalue weighted by Gasteiger charge is -2.13. The Balaban J connectivity index is 2.14. The number of hydrogen-bond donors (Lipinski definition) is 0. The minimum Gasteiger partial charge on any atom is -0.461 e. The molecule has 0 spiro atoms. The number of carbonyl (C=O) groups is 2. The highest BCUT2D eigenvalue weighted by Gasteiger charge is 2.29. The van der Waals surface area contributed by atoms with Gasteiger partial charge in [-0.2, -0.15) is 5.10 Å². The molecule has 5 heteroatoms. The van der Waals surface area contributed by atoms with Gasteiger partial charge in [-0.3, -0.25) is 4.79 Å². The molecule has 0 unspecified atom stereocenters. The molecular weight excluding hydrogens is 280 g/mol. The van der Waals surface area contributed by atoms with Gasteiger partial charge in [0, 0.05) is 18.4 Å². The molecule has 0 amide bonds. The predicted molar refractivity (Wildman–Crippen MR) is 81.3 cm³/mol. The minimum absolute atomic E-state index is 0.178. The predicted octanol–water partition coefficient (Wildman–Crippen LogP) is 2.42. The molecule has 5 nitrogen and oxygen atoms in total. The van der Waals surface area contributed by atoms with E-state index in [0.29, 0.717) is 31.6 Å². The lowest BCUT2D eigenvalue weighted by molar-refractivity contribution is -0.118. The second-order valence-corrected chi connectivity index (χ2v) is 5.46. The molecule has 1 heterocycles. The second kappa shape index (κ2) is 5.75. The van der Waals surface area contributed by atoms with Crippen molar-refractivity contribution in [2.75, 3.05) is 6.61 Å². The number of ketones is 1. The highest BCUT2D eigenvalue weighted by Crippen LogP contribution is 2.26. The van der Waals surface area contributed by atoms with Crippen molar-refractivity contribution in [1.29, 1.82) is 0 Å². The molecule has 0 atom stereocenters. The van der Waals surface area contributed by atoms with Crippen molar-refractivity contribution in [3.05, 3.63) is 46.8 Å². The van der Waals surface area contributed by atoms with E-state index in [4.69, 9.17) is 4.74 Å². The third kappa shape index (κ3) is 2.54. The van der Waals surface area contributed by atoms with Crippen LogP contribution in [0.3, 0.4) is 0 Å². The monoisotopic (exact) mass is 298 g/mol. The second-order valence-electron chi connectivity index (χ2n) is 5.46. The summed E-state index contributed by atoms with van der Waals surface area (Å²) in [5, 5.41) is 4.45. The van der Waals surface area contributed by atoms with Gasteiger partial charge in [0.05, 0.1) is 18.0 Å². The lowest BCUT2D eigenvalue weighted by atomic mass is 9.94. The van der Waals surface area contributed by atoms with Crippen molar-refractivity contribution in [3.63, 3.8) is 0 Å². The fourth-order valence-corrected chi connectivity index (χ4v) is 2.81. The molecule has 0 saturated heterocycles. The number of aryl methyl sites for hydroxylation is 1. The Morgan fingerprint density at radius 1 is 1.36 bits per heavy atom. The number of carbonyl (C=O) groups excluding carboxylic acids is 2. The number of hydrogen-bond acceptors (Lipinski definition) is 4. The fraction of sp³-hybridized carbons (Fsp3) is 0.353. The zero-order valence-electron chi connectivity index (χ0n) is 12.8. The van der Waals surface area contributed by atoms with Gasteiger partial charge in [0.1, 0.15) is 5.78 Å². The summed E-state index contributed by atoms with van der Waals surface area (Å²) >= 11 is 0. The van der Waals surface area contributed by atoms with E-state index in [1.165, 1.54) is 0 Å². The van der Waals surface area contributed by atoms with Crippen LogP contribution in [0.4, 0.5) is 0 Å². The lowest BCUT2D eigenvalue weighted by Crippen LogP contribution is -2.17. The molecule has 22 heavy (non-hydrogen) atoms. The largest absolute Gasteiger partial charge is 0.461 e. The van der Waals surface area contributed by atoms with Gasteiger partial charge >= 0.3 is 5.97 Å². The highest BCUT2D eigenvalue weighted by atomic mass is 16.5. The average Bonchev–Trinajstić information content (AvgIpc) is 2.86. The number of rotatable bonds is 3. The van der Waals surface area contributed by atoms with Gasteiger partial charge in [-0.1, -0.05) is 12.1 Å². The number of fused-ring (bicyclic) bond motifs is 1. The molecule has 1 aromatic carbocycles. The Morgan fingerprint density at radius 3 is 2.91 bits per heavy atom. The van der Waals surface area contributed by atoms with Crippen LogP contribution in [-0.4, -0.2) is 28.1 Å². The van der Waals surface area contributed by atoms with Crippen molar-refractivity contribution in [1.82, 2.24) is 9.78 Å². The molecule has 0 fully saturated rings. The third-order valence-corrected chi connectivity index (χ3v) is 3.82. The number of aromatic nitrogens is 2. The molecule has 0 saturated carbocycles. The quantitative estimate of drug-likeness (QED) is 0.816. The molecular formula is C17H18N2O3. The Bertz CT molecular complexity index is 746. The zero-order chi connectivity index (χ0) is 15.7. The van der Waals surface area contributed by atoms with Crippen molar-refractivity contribution in [2.24, 2.45) is 0 Å². The SMILES string of the molecule is CCOC(=O)c1nn(-c2cccc(C)c2)c2c1CCC(=O)C2. The molecule has 1 aliphatic rings. The molecule has 0 aliphatic heterocycles. The summed E-state index contributed by atoms with van der Waals surface area (Å²) in [7, 11) is 0. The van der Waals surface area contributed by atoms with Gasteiger partial charge in [-0.25, -0.2) is 9.48 Å². The van der Waals surface area contributed by atoms with Gasteiger partial charge in [0.15, 0.2) is 5.69 Å². The average molecular weight is 298 g/mol. The van der Waals surface area contributed by atoms with E-state index >= 15 is 0 Å². The van der Waals surface area contributed by atoms with Crippen LogP contribution >= 0.6 is 0 Å². The topological polar surface area (TPSA) is 61.2 Å². The molecule has 0 N–H and O–H groups in total. The summed E-state index contributed by atoms with van der Waals surface area (Å²) < 4.78 is 6.81. The van der Waals surface area contributed by atoms with Crippen molar-refractivity contribution < 1.29 is 14.3 Å². The van der Waals surface area contributed by atoms with Crippen LogP contribution in [0, 0.1) is 6.92 Å². The smallest absolute Gasteiger partial charge is 0.359 e. The van der Waals surface area contributed by atoms with Crippen molar-refractivity contribution >= 4 is 11.8 Å². The molecule has 2 aromatic rings. The van der Waals surface area contributed by atoms with Crippen LogP contribution in [0.25, 0.3) is 5.69 Å². The third-order valence-electron chi connectivity index (χ3n) is 3.82. The van der Waals surface area contributed by atoms with E-state index in [0.717, 1.165) is 22.5 Å². The number of nitrogens with zero attached hydrogens (tertiary/aromatic N) is 2. The molecule has 0 radical (unpaired) electrons. The van der Waals surface area contributed by atoms with Crippen LogP contribution in [0.15, 0.2) is 24.3 Å². The maximum atomic E-state index is 12.1. The van der Waals surface area contributed by atoms with Gasteiger partial charge in [-0.15, -0.1) is 0 Å². The Labute approximate surface area is 128 Å². The van der Waals surface area contributed by atoms with Gasteiger partial charge in [0.2, 0.25) is 0 Å². The maximum Gasteiger partial charge on any atom is 0.359 e. The number of ether oxygens (including phenoxy) is 1. The van der Waals surface area contributed by atoms with Crippen molar-refractivity contribution in [3.8, 4) is 5.69 Å². The van der Waals surface area contributed by atoms with E-state index in [-0.39, 0.29) is 5.78 Å². The number of benzene rings is 1. The zero-order valence-corrected chi connectivity index (χ0v) is 12.8. The van der Waals surface area contributed by atoms with E-state index < -0.39 is 5.97 Å². The van der Waals surface area contributed by atoms with Crippen molar-refractivity contribution in [2.45, 2.75) is 33.1 Å². The van der Waals surface area contributed by atoms with Gasteiger partial charge in [-0.05, 0) is 38.0 Å². The summed E-state index contributed by atoms with van der Waals surface area (Å²) in [5.74, 6) is -0.240. The number of Topliss-reactive ketones (excluding diaryl/α,β-unsaturated/α-hetero) is 1. The molecule has 0 bridgehead atoms. The van der Waals surface area contributed by atoms with Crippen LogP contribution in [-0.2, 0) is 22.4 Å². The standard InChI is InChI=1S/C17H18N2O3/c1-3-22-17(21)16-14-8-7-13(20)10-15(14)19(18-16)12-6-4-5-11(2)9-12/h4-6,9H,3,7-8,10H2,1-2H3. The first kappa shape index (κ1) is 14.5. The molecule has 114 valence electrons. The summed E-state index contributed by atoms with van der Waals surface area (Å²) in [4.78, 5) is 24.0. The first-order valence-electron chi connectivity index (χ1n) is 7.46. The summed E-state index contributed by atoms with van der Waals surface area (Å²) in [6.07, 6.45) is 1.32. The summed E-state index contributed by atoms with van der Waals surface area (Å²) in [6.45, 7) is 4.08. The highest BCUT2D eigenvalue weighted by molar-refractivity contribution is 5.92. The minimum atomic E-state index is -0.417. The Hall–Kier alpha value is -2.43. The fourth-order valence-electron chi connectivity index (χ4n) is 2.81. The van der Waals surface area contributed by atoms with Gasteiger partial charge in [0.25, 0.3) is 0 Å². The maximum absolute atomic E-state index is 12.1. The van der Waals surface area contributed by atoms with E-state index in [1.54, 1.807) is 11.6 Å². The van der Waals surface area contributed by atoms with Crippen LogP contribution in [0.5, 0.6) is 0 Å². The van der Waals surface area contributed by atoms with Crippen LogP contribution < -0.4 is 0 Å².